The molecule has 0 saturated carbocycles. The summed E-state index contributed by atoms with van der Waals surface area (Å²) in [5.74, 6) is 2.53. The molecule has 6 heteroatoms. The summed E-state index contributed by atoms with van der Waals surface area (Å²) in [7, 11) is 0. The molecular weight excluding hydrogens is 396 g/mol. The minimum absolute atomic E-state index is 0.546. The third-order valence-electron chi connectivity index (χ3n) is 4.32. The van der Waals surface area contributed by atoms with E-state index < -0.39 is 0 Å². The molecule has 0 spiro atoms. The summed E-state index contributed by atoms with van der Waals surface area (Å²) in [6.07, 6.45) is 1.67. The van der Waals surface area contributed by atoms with Gasteiger partial charge in [-0.1, -0.05) is 17.7 Å². The van der Waals surface area contributed by atoms with Crippen molar-refractivity contribution < 1.29 is 28.4 Å². The first-order valence-electron chi connectivity index (χ1n) is 11.1. The van der Waals surface area contributed by atoms with E-state index in [2.05, 4.69) is 6.92 Å². The largest absolute Gasteiger partial charge is 0.494 e. The Kier molecular flexibility index (Phi) is 13.2. The topological polar surface area (TPSA) is 55.4 Å². The van der Waals surface area contributed by atoms with Crippen molar-refractivity contribution in [2.24, 2.45) is 0 Å². The van der Waals surface area contributed by atoms with Crippen LogP contribution in [-0.4, -0.2) is 59.5 Å². The van der Waals surface area contributed by atoms with E-state index in [1.807, 2.05) is 55.5 Å². The fourth-order valence-electron chi connectivity index (χ4n) is 2.65. The highest BCUT2D eigenvalue weighted by Gasteiger charge is 1.98. The van der Waals surface area contributed by atoms with E-state index in [1.165, 1.54) is 5.56 Å². The minimum atomic E-state index is 0.546. The molecule has 2 aromatic rings. The number of ether oxygens (including phenoxy) is 6. The van der Waals surface area contributed by atoms with E-state index >= 15 is 0 Å². The molecule has 0 atom stereocenters. The van der Waals surface area contributed by atoms with Crippen LogP contribution in [0.5, 0.6) is 17.2 Å². The van der Waals surface area contributed by atoms with E-state index in [9.17, 15) is 0 Å². The molecule has 0 radical (unpaired) electrons. The quantitative estimate of drug-likeness (QED) is 0.319. The molecule has 0 aliphatic heterocycles. The molecule has 0 aliphatic rings. The lowest BCUT2D eigenvalue weighted by molar-refractivity contribution is 0.0482. The minimum Gasteiger partial charge on any atom is -0.494 e. The lowest BCUT2D eigenvalue weighted by atomic mass is 10.2. The highest BCUT2D eigenvalue weighted by molar-refractivity contribution is 5.31. The van der Waals surface area contributed by atoms with Crippen LogP contribution < -0.4 is 14.2 Å². The van der Waals surface area contributed by atoms with Gasteiger partial charge in [-0.15, -0.1) is 0 Å². The number of rotatable bonds is 18. The second-order valence-electron chi connectivity index (χ2n) is 6.96. The fraction of sp³-hybridized carbons (Fsp3) is 0.520. The van der Waals surface area contributed by atoms with Gasteiger partial charge in [-0.25, -0.2) is 0 Å². The Labute approximate surface area is 186 Å². The zero-order chi connectivity index (χ0) is 22.0. The Morgan fingerprint density at radius 1 is 0.484 bits per heavy atom. The maximum Gasteiger partial charge on any atom is 0.119 e. The third kappa shape index (κ3) is 12.2. The van der Waals surface area contributed by atoms with Gasteiger partial charge >= 0.3 is 0 Å². The smallest absolute Gasteiger partial charge is 0.119 e. The number of aryl methyl sites for hydroxylation is 1. The Hall–Kier alpha value is -2.28. The molecule has 0 unspecified atom stereocenters. The lowest BCUT2D eigenvalue weighted by Crippen LogP contribution is -2.09. The highest BCUT2D eigenvalue weighted by atomic mass is 16.5. The average Bonchev–Trinajstić information content (AvgIpc) is 2.79. The molecule has 172 valence electrons. The van der Waals surface area contributed by atoms with Gasteiger partial charge in [0.2, 0.25) is 0 Å². The van der Waals surface area contributed by atoms with Crippen LogP contribution in [0, 0.1) is 6.92 Å². The van der Waals surface area contributed by atoms with Crippen LogP contribution >= 0.6 is 0 Å². The van der Waals surface area contributed by atoms with Gasteiger partial charge in [0, 0.05) is 32.7 Å². The summed E-state index contributed by atoms with van der Waals surface area (Å²) in [5.41, 5.74) is 1.22. The van der Waals surface area contributed by atoms with Gasteiger partial charge in [0.15, 0.2) is 0 Å². The Morgan fingerprint density at radius 3 is 1.42 bits per heavy atom. The van der Waals surface area contributed by atoms with E-state index in [4.69, 9.17) is 28.4 Å². The predicted octanol–water partition coefficient (Wildman–Crippen LogP) is 4.68. The molecular formula is C25H36O6. The molecule has 0 aromatic heterocycles. The monoisotopic (exact) mass is 432 g/mol. The lowest BCUT2D eigenvalue weighted by Gasteiger charge is -2.10. The van der Waals surface area contributed by atoms with Crippen LogP contribution in [0.1, 0.15) is 25.3 Å². The molecule has 2 rings (SSSR count). The van der Waals surface area contributed by atoms with Crippen molar-refractivity contribution in [3.8, 4) is 17.2 Å². The zero-order valence-electron chi connectivity index (χ0n) is 18.8. The highest BCUT2D eigenvalue weighted by Crippen LogP contribution is 2.18. The van der Waals surface area contributed by atoms with Crippen molar-refractivity contribution in [3.63, 3.8) is 0 Å². The third-order valence-corrected chi connectivity index (χ3v) is 4.32. The molecule has 0 heterocycles. The van der Waals surface area contributed by atoms with Gasteiger partial charge in [-0.3, -0.25) is 0 Å². The molecule has 0 N–H and O–H groups in total. The van der Waals surface area contributed by atoms with E-state index in [-0.39, 0.29) is 0 Å². The molecule has 0 aliphatic carbocycles. The van der Waals surface area contributed by atoms with Crippen LogP contribution in [0.15, 0.2) is 48.5 Å². The van der Waals surface area contributed by atoms with Crippen molar-refractivity contribution in [2.75, 3.05) is 59.5 Å². The van der Waals surface area contributed by atoms with Crippen LogP contribution in [0.3, 0.4) is 0 Å². The Balaban J connectivity index is 1.42. The second-order valence-corrected chi connectivity index (χ2v) is 6.96. The van der Waals surface area contributed by atoms with Gasteiger partial charge in [-0.2, -0.15) is 0 Å². The van der Waals surface area contributed by atoms with Gasteiger partial charge in [0.1, 0.15) is 23.9 Å². The molecule has 31 heavy (non-hydrogen) atoms. The van der Waals surface area contributed by atoms with E-state index in [0.717, 1.165) is 36.7 Å². The summed E-state index contributed by atoms with van der Waals surface area (Å²) in [4.78, 5) is 0. The van der Waals surface area contributed by atoms with Gasteiger partial charge in [0.05, 0.1) is 33.0 Å². The van der Waals surface area contributed by atoms with Crippen molar-refractivity contribution in [3.05, 3.63) is 54.1 Å². The first kappa shape index (κ1) is 25.0. The maximum absolute atomic E-state index is 5.74. The summed E-state index contributed by atoms with van der Waals surface area (Å²) < 4.78 is 33.3. The van der Waals surface area contributed by atoms with Crippen LogP contribution in [-0.2, 0) is 14.2 Å². The number of hydrogen-bond donors (Lipinski definition) is 0. The van der Waals surface area contributed by atoms with E-state index in [1.54, 1.807) is 0 Å². The summed E-state index contributed by atoms with van der Waals surface area (Å²) >= 11 is 0. The van der Waals surface area contributed by atoms with Gasteiger partial charge in [0.25, 0.3) is 0 Å². The van der Waals surface area contributed by atoms with E-state index in [0.29, 0.717) is 52.9 Å². The Morgan fingerprint density at radius 2 is 0.903 bits per heavy atom. The molecule has 6 nitrogen and oxygen atoms in total. The average molecular weight is 433 g/mol. The standard InChI is InChI=1S/C25H36O6/c1-3-26-18-19-27-14-4-16-29-24-10-12-25(13-11-24)30-17-5-15-28-20-21-31-23-8-6-22(2)7-9-23/h6-13H,3-5,14-21H2,1-2H3. The normalized spacial score (nSPS) is 10.8. The number of benzene rings is 2. The Bertz CT molecular complexity index is 671. The molecule has 0 saturated heterocycles. The first-order chi connectivity index (χ1) is 15.3. The van der Waals surface area contributed by atoms with Crippen LogP contribution in [0.4, 0.5) is 0 Å². The van der Waals surface area contributed by atoms with Crippen molar-refractivity contribution >= 4 is 0 Å². The molecule has 0 fully saturated rings. The van der Waals surface area contributed by atoms with Crippen molar-refractivity contribution in [1.29, 1.82) is 0 Å². The maximum atomic E-state index is 5.74. The number of hydrogen-bond acceptors (Lipinski definition) is 6. The van der Waals surface area contributed by atoms with Crippen LogP contribution in [0.2, 0.25) is 0 Å². The van der Waals surface area contributed by atoms with Crippen molar-refractivity contribution in [2.45, 2.75) is 26.7 Å². The summed E-state index contributed by atoms with van der Waals surface area (Å²) in [6, 6.07) is 15.7. The predicted molar refractivity (Wildman–Crippen MR) is 121 cm³/mol. The molecule has 2 aromatic carbocycles. The molecule has 0 amide bonds. The fourth-order valence-corrected chi connectivity index (χ4v) is 2.65. The second kappa shape index (κ2) is 16.4. The van der Waals surface area contributed by atoms with Crippen molar-refractivity contribution in [1.82, 2.24) is 0 Å². The zero-order valence-corrected chi connectivity index (χ0v) is 18.8. The first-order valence-corrected chi connectivity index (χ1v) is 11.1. The summed E-state index contributed by atoms with van der Waals surface area (Å²) in [5, 5.41) is 0. The SMILES string of the molecule is CCOCCOCCCOc1ccc(OCCCOCCOc2ccc(C)cc2)cc1. The van der Waals surface area contributed by atoms with Gasteiger partial charge in [-0.05, 0) is 50.2 Å². The summed E-state index contributed by atoms with van der Waals surface area (Å²) in [6.45, 7) is 9.70. The molecule has 0 bridgehead atoms. The van der Waals surface area contributed by atoms with Gasteiger partial charge < -0.3 is 28.4 Å². The van der Waals surface area contributed by atoms with Crippen LogP contribution in [0.25, 0.3) is 0 Å².